The van der Waals surface area contributed by atoms with E-state index in [4.69, 9.17) is 9.47 Å². The fraction of sp³-hybridized carbons (Fsp3) is 0. The number of para-hydroxylation sites is 11. The zero-order valence-electron chi connectivity index (χ0n) is 31.9. The van der Waals surface area contributed by atoms with Crippen LogP contribution in [-0.2, 0) is 0 Å². The van der Waals surface area contributed by atoms with Gasteiger partial charge in [0, 0.05) is 39.0 Å². The van der Waals surface area contributed by atoms with E-state index in [9.17, 15) is 0 Å². The molecule has 1 aromatic heterocycles. The van der Waals surface area contributed by atoms with Crippen LogP contribution in [0, 0.1) is 0 Å². The molecule has 278 valence electrons. The molecule has 3 heterocycles. The molecule has 2 aliphatic heterocycles. The summed E-state index contributed by atoms with van der Waals surface area (Å²) in [6.07, 6.45) is 0. The summed E-state index contributed by atoms with van der Waals surface area (Å²) in [5.41, 5.74) is 14.3. The number of benzene rings is 9. The van der Waals surface area contributed by atoms with Crippen LogP contribution < -0.4 is 19.3 Å². The number of fused-ring (bicyclic) bond motifs is 7. The second-order valence-corrected chi connectivity index (χ2v) is 14.9. The monoisotopic (exact) mass is 757 g/mol. The van der Waals surface area contributed by atoms with E-state index in [1.165, 1.54) is 32.9 Å². The predicted octanol–water partition coefficient (Wildman–Crippen LogP) is 15.3. The topological polar surface area (TPSA) is 29.9 Å². The van der Waals surface area contributed by atoms with Gasteiger partial charge in [0.2, 0.25) is 0 Å². The third-order valence-corrected chi connectivity index (χ3v) is 11.6. The molecule has 9 aromatic carbocycles. The van der Waals surface area contributed by atoms with E-state index in [0.717, 1.165) is 73.9 Å². The Morgan fingerprint density at radius 1 is 0.271 bits per heavy atom. The lowest BCUT2D eigenvalue weighted by Crippen LogP contribution is -2.15. The molecule has 0 saturated carbocycles. The van der Waals surface area contributed by atoms with E-state index in [2.05, 4.69) is 178 Å². The fourth-order valence-electron chi connectivity index (χ4n) is 8.96. The Morgan fingerprint density at radius 3 is 1.02 bits per heavy atom. The third kappa shape index (κ3) is 5.25. The van der Waals surface area contributed by atoms with Crippen molar-refractivity contribution in [3.8, 4) is 50.9 Å². The van der Waals surface area contributed by atoms with Gasteiger partial charge in [-0.3, -0.25) is 0 Å². The largest absolute Gasteiger partial charge is 0.453 e. The van der Waals surface area contributed by atoms with Crippen molar-refractivity contribution in [2.24, 2.45) is 0 Å². The molecule has 0 spiro atoms. The summed E-state index contributed by atoms with van der Waals surface area (Å²) in [7, 11) is 0. The van der Waals surface area contributed by atoms with Gasteiger partial charge in [0.25, 0.3) is 0 Å². The van der Waals surface area contributed by atoms with Crippen molar-refractivity contribution in [2.75, 3.05) is 9.80 Å². The van der Waals surface area contributed by atoms with Gasteiger partial charge in [0.1, 0.15) is 0 Å². The van der Waals surface area contributed by atoms with Crippen molar-refractivity contribution in [1.29, 1.82) is 0 Å². The minimum atomic E-state index is 0.842. The SMILES string of the molecule is c1ccc(-n2c3c(-c4ccc(N5c6ccccc6Oc6ccccc65)cc4)cccc3c3cccc(-c4ccc(N5c6ccccc6Oc6ccccc65)cc4)c32)cc1. The van der Waals surface area contributed by atoms with Crippen molar-refractivity contribution in [3.63, 3.8) is 0 Å². The normalized spacial score (nSPS) is 12.6. The maximum absolute atomic E-state index is 6.30. The number of hydrogen-bond donors (Lipinski definition) is 0. The van der Waals surface area contributed by atoms with Gasteiger partial charge in [-0.1, -0.05) is 127 Å². The summed E-state index contributed by atoms with van der Waals surface area (Å²) in [4.78, 5) is 4.57. The van der Waals surface area contributed by atoms with E-state index in [1.54, 1.807) is 0 Å². The van der Waals surface area contributed by atoms with E-state index >= 15 is 0 Å². The molecule has 5 nitrogen and oxygen atoms in total. The van der Waals surface area contributed by atoms with E-state index < -0.39 is 0 Å². The molecule has 0 fully saturated rings. The van der Waals surface area contributed by atoms with Crippen molar-refractivity contribution in [2.45, 2.75) is 0 Å². The lowest BCUT2D eigenvalue weighted by atomic mass is 9.99. The number of anilines is 6. The lowest BCUT2D eigenvalue weighted by Gasteiger charge is -2.32. The highest BCUT2D eigenvalue weighted by Gasteiger charge is 2.27. The van der Waals surface area contributed by atoms with Crippen LogP contribution in [0.25, 0.3) is 49.7 Å². The van der Waals surface area contributed by atoms with Gasteiger partial charge < -0.3 is 23.8 Å². The molecule has 0 N–H and O–H groups in total. The first-order chi connectivity index (χ1) is 29.3. The molecule has 0 unspecified atom stereocenters. The van der Waals surface area contributed by atoms with Gasteiger partial charge in [-0.2, -0.15) is 0 Å². The van der Waals surface area contributed by atoms with Gasteiger partial charge in [0.15, 0.2) is 23.0 Å². The highest BCUT2D eigenvalue weighted by atomic mass is 16.5. The highest BCUT2D eigenvalue weighted by Crippen LogP contribution is 2.52. The first-order valence-corrected chi connectivity index (χ1v) is 19.9. The Bertz CT molecular complexity index is 2940. The van der Waals surface area contributed by atoms with Crippen LogP contribution in [0.3, 0.4) is 0 Å². The molecular weight excluding hydrogens is 723 g/mol. The molecule has 0 amide bonds. The van der Waals surface area contributed by atoms with Crippen LogP contribution in [-0.4, -0.2) is 4.57 Å². The van der Waals surface area contributed by atoms with E-state index in [0.29, 0.717) is 0 Å². The second kappa shape index (κ2) is 13.3. The van der Waals surface area contributed by atoms with Gasteiger partial charge in [-0.25, -0.2) is 0 Å². The van der Waals surface area contributed by atoms with Crippen LogP contribution in [0.5, 0.6) is 23.0 Å². The zero-order valence-corrected chi connectivity index (χ0v) is 31.9. The Balaban J connectivity index is 1.00. The number of rotatable bonds is 5. The summed E-state index contributed by atoms with van der Waals surface area (Å²) in [6.45, 7) is 0. The van der Waals surface area contributed by atoms with E-state index in [1.807, 2.05) is 48.5 Å². The minimum absolute atomic E-state index is 0.842. The fourth-order valence-corrected chi connectivity index (χ4v) is 8.96. The van der Waals surface area contributed by atoms with Gasteiger partial charge in [-0.05, 0) is 96.1 Å². The van der Waals surface area contributed by atoms with Crippen molar-refractivity contribution >= 4 is 55.9 Å². The van der Waals surface area contributed by atoms with E-state index in [-0.39, 0.29) is 0 Å². The molecule has 2 aliphatic rings. The van der Waals surface area contributed by atoms with Gasteiger partial charge in [0.05, 0.1) is 33.8 Å². The van der Waals surface area contributed by atoms with Gasteiger partial charge >= 0.3 is 0 Å². The van der Waals surface area contributed by atoms with Crippen molar-refractivity contribution in [3.05, 3.63) is 212 Å². The molecule has 59 heavy (non-hydrogen) atoms. The van der Waals surface area contributed by atoms with Crippen LogP contribution in [0.4, 0.5) is 34.1 Å². The number of hydrogen-bond acceptors (Lipinski definition) is 4. The van der Waals surface area contributed by atoms with Crippen LogP contribution in [0.15, 0.2) is 212 Å². The summed E-state index contributed by atoms with van der Waals surface area (Å²) < 4.78 is 15.1. The quantitative estimate of drug-likeness (QED) is 0.175. The Labute approximate surface area is 341 Å². The molecule has 12 rings (SSSR count). The number of nitrogens with zero attached hydrogens (tertiary/aromatic N) is 3. The summed E-state index contributed by atoms with van der Waals surface area (Å²) in [5, 5.41) is 2.42. The lowest BCUT2D eigenvalue weighted by molar-refractivity contribution is 0.477. The average molecular weight is 758 g/mol. The highest BCUT2D eigenvalue weighted by molar-refractivity contribution is 6.17. The molecule has 0 saturated heterocycles. The number of aromatic nitrogens is 1. The standard InChI is InChI=1S/C54H35N3O2/c1-2-14-38(15-3-1)57-53-41(36-28-32-39(33-29-36)55-45-20-4-8-24-49(45)58-50-25-9-5-21-46(50)55)16-12-18-43(53)44-19-13-17-42(54(44)57)37-30-34-40(35-31-37)56-47-22-6-10-26-51(47)59-52-27-11-7-23-48(52)56/h1-35H. The van der Waals surface area contributed by atoms with Crippen LogP contribution in [0.2, 0.25) is 0 Å². The maximum Gasteiger partial charge on any atom is 0.151 e. The van der Waals surface area contributed by atoms with Crippen LogP contribution in [0.1, 0.15) is 0 Å². The van der Waals surface area contributed by atoms with Crippen molar-refractivity contribution < 1.29 is 9.47 Å². The smallest absolute Gasteiger partial charge is 0.151 e. The Hall–Kier alpha value is -8.02. The minimum Gasteiger partial charge on any atom is -0.453 e. The Kier molecular flexibility index (Phi) is 7.47. The average Bonchev–Trinajstić information content (AvgIpc) is 3.65. The summed E-state index contributed by atoms with van der Waals surface area (Å²) >= 11 is 0. The molecule has 0 aliphatic carbocycles. The van der Waals surface area contributed by atoms with Crippen LogP contribution >= 0.6 is 0 Å². The molecular formula is C54H35N3O2. The van der Waals surface area contributed by atoms with Crippen molar-refractivity contribution in [1.82, 2.24) is 4.57 Å². The Morgan fingerprint density at radius 2 is 0.627 bits per heavy atom. The maximum atomic E-state index is 6.30. The number of ether oxygens (including phenoxy) is 2. The van der Waals surface area contributed by atoms with Gasteiger partial charge in [-0.15, -0.1) is 0 Å². The first-order valence-electron chi connectivity index (χ1n) is 19.9. The second-order valence-electron chi connectivity index (χ2n) is 14.9. The molecule has 0 bridgehead atoms. The zero-order chi connectivity index (χ0) is 38.9. The molecule has 0 radical (unpaired) electrons. The summed E-state index contributed by atoms with van der Waals surface area (Å²) in [5.74, 6) is 3.37. The third-order valence-electron chi connectivity index (χ3n) is 11.6. The molecule has 10 aromatic rings. The summed E-state index contributed by atoms with van der Waals surface area (Å²) in [6, 6.07) is 74.9. The predicted molar refractivity (Wildman–Crippen MR) is 241 cm³/mol. The molecule has 5 heteroatoms. The first kappa shape index (κ1) is 33.2. The molecule has 0 atom stereocenters.